The molecule has 9 heteroatoms. The van der Waals surface area contributed by atoms with Gasteiger partial charge in [0.15, 0.2) is 0 Å². The van der Waals surface area contributed by atoms with Gasteiger partial charge in [-0.15, -0.1) is 0 Å². The van der Waals surface area contributed by atoms with Crippen LogP contribution < -0.4 is 20.7 Å². The second-order valence-electron chi connectivity index (χ2n) is 8.05. The van der Waals surface area contributed by atoms with Crippen molar-refractivity contribution >= 4 is 29.1 Å². The molecule has 9 nitrogen and oxygen atoms in total. The Bertz CT molecular complexity index is 971. The van der Waals surface area contributed by atoms with Crippen LogP contribution in [-0.4, -0.2) is 74.4 Å². The number of anilines is 2. The number of rotatable bonds is 7. The highest BCUT2D eigenvalue weighted by atomic mass is 16.5. The second kappa shape index (κ2) is 11.4. The topological polar surface area (TPSA) is 103 Å². The number of methoxy groups -OCH3 is 1. The summed E-state index contributed by atoms with van der Waals surface area (Å²) in [5, 5.41) is 8.00. The Labute approximate surface area is 194 Å². The van der Waals surface area contributed by atoms with Crippen LogP contribution in [0.15, 0.2) is 48.5 Å². The molecule has 3 amide bonds. The summed E-state index contributed by atoms with van der Waals surface area (Å²) in [6, 6.07) is 14.3. The number of piperazine rings is 1. The van der Waals surface area contributed by atoms with Crippen molar-refractivity contribution in [2.75, 3.05) is 57.5 Å². The number of hydrogen-bond donors (Lipinski definition) is 3. The van der Waals surface area contributed by atoms with E-state index < -0.39 is 11.8 Å². The van der Waals surface area contributed by atoms with E-state index in [0.717, 1.165) is 37.5 Å². The Morgan fingerprint density at radius 3 is 2.18 bits per heavy atom. The van der Waals surface area contributed by atoms with Gasteiger partial charge in [0.25, 0.3) is 0 Å². The first kappa shape index (κ1) is 24.2. The van der Waals surface area contributed by atoms with Crippen LogP contribution in [0, 0.1) is 0 Å². The van der Waals surface area contributed by atoms with Crippen LogP contribution in [0.25, 0.3) is 0 Å². The van der Waals surface area contributed by atoms with Crippen LogP contribution in [0.1, 0.15) is 18.5 Å². The number of carbonyl (C=O) groups excluding carboxylic acids is 3. The third kappa shape index (κ3) is 7.03. The van der Waals surface area contributed by atoms with E-state index in [2.05, 4.69) is 32.8 Å². The van der Waals surface area contributed by atoms with Crippen molar-refractivity contribution in [2.24, 2.45) is 0 Å². The van der Waals surface area contributed by atoms with Crippen molar-refractivity contribution < 1.29 is 19.1 Å². The Kier molecular flexibility index (Phi) is 8.39. The van der Waals surface area contributed by atoms with Gasteiger partial charge in [-0.25, -0.2) is 0 Å². The lowest BCUT2D eigenvalue weighted by molar-refractivity contribution is -0.136. The van der Waals surface area contributed by atoms with Gasteiger partial charge in [-0.2, -0.15) is 0 Å². The standard InChI is InChI=1S/C24H31N5O4/c1-17(30)26-19-5-4-6-20(15-19)27-24(32)23(31)25-16-22(29-13-11-28(2)12-14-29)18-7-9-21(33-3)10-8-18/h4-10,15,22H,11-14,16H2,1-3H3,(H,25,31)(H,26,30)(H,27,32)/t22-/m1/s1. The molecule has 1 saturated heterocycles. The van der Waals surface area contributed by atoms with Crippen molar-refractivity contribution in [1.29, 1.82) is 0 Å². The minimum absolute atomic E-state index is 0.0653. The molecule has 2 aromatic carbocycles. The predicted molar refractivity (Wildman–Crippen MR) is 127 cm³/mol. The number of hydrogen-bond acceptors (Lipinski definition) is 6. The Hall–Kier alpha value is -3.43. The molecule has 0 bridgehead atoms. The molecule has 1 aliphatic rings. The highest BCUT2D eigenvalue weighted by Gasteiger charge is 2.25. The average molecular weight is 454 g/mol. The molecule has 176 valence electrons. The zero-order valence-electron chi connectivity index (χ0n) is 19.3. The van der Waals surface area contributed by atoms with E-state index >= 15 is 0 Å². The molecule has 2 aromatic rings. The maximum absolute atomic E-state index is 12.5. The Morgan fingerprint density at radius 2 is 1.58 bits per heavy atom. The molecule has 0 unspecified atom stereocenters. The quantitative estimate of drug-likeness (QED) is 0.552. The fourth-order valence-corrected chi connectivity index (χ4v) is 3.75. The molecule has 33 heavy (non-hydrogen) atoms. The van der Waals surface area contributed by atoms with Gasteiger partial charge in [0, 0.05) is 51.0 Å². The summed E-state index contributed by atoms with van der Waals surface area (Å²) in [6.45, 7) is 5.31. The number of benzene rings is 2. The van der Waals surface area contributed by atoms with Gasteiger partial charge in [-0.3, -0.25) is 19.3 Å². The molecule has 1 heterocycles. The number of likely N-dealkylation sites (N-methyl/N-ethyl adjacent to an activating group) is 1. The summed E-state index contributed by atoms with van der Waals surface area (Å²) in [4.78, 5) is 40.8. The van der Waals surface area contributed by atoms with Crippen LogP contribution in [0.4, 0.5) is 11.4 Å². The van der Waals surface area contributed by atoms with Crippen molar-refractivity contribution in [3.05, 3.63) is 54.1 Å². The van der Waals surface area contributed by atoms with E-state index in [0.29, 0.717) is 17.9 Å². The first-order valence-corrected chi connectivity index (χ1v) is 10.9. The summed E-state index contributed by atoms with van der Waals surface area (Å²) >= 11 is 0. The fraction of sp³-hybridized carbons (Fsp3) is 0.375. The Balaban J connectivity index is 1.64. The maximum atomic E-state index is 12.5. The third-order valence-corrected chi connectivity index (χ3v) is 5.58. The molecule has 1 fully saturated rings. The van der Waals surface area contributed by atoms with Crippen LogP contribution in [0.2, 0.25) is 0 Å². The van der Waals surface area contributed by atoms with E-state index in [1.807, 2.05) is 24.3 Å². The molecule has 0 aliphatic carbocycles. The number of nitrogens with zero attached hydrogens (tertiary/aromatic N) is 2. The van der Waals surface area contributed by atoms with Crippen LogP contribution in [0.5, 0.6) is 5.75 Å². The van der Waals surface area contributed by atoms with Crippen molar-refractivity contribution in [3.8, 4) is 5.75 Å². The smallest absolute Gasteiger partial charge is 0.313 e. The molecule has 1 aliphatic heterocycles. The Morgan fingerprint density at radius 1 is 0.939 bits per heavy atom. The van der Waals surface area contributed by atoms with E-state index in [1.54, 1.807) is 31.4 Å². The zero-order chi connectivity index (χ0) is 23.8. The lowest BCUT2D eigenvalue weighted by atomic mass is 10.0. The monoisotopic (exact) mass is 453 g/mol. The SMILES string of the molecule is COc1ccc([C@@H](CNC(=O)C(=O)Nc2cccc(NC(C)=O)c2)N2CCN(C)CC2)cc1. The largest absolute Gasteiger partial charge is 0.497 e. The van der Waals surface area contributed by atoms with Gasteiger partial charge in [-0.1, -0.05) is 18.2 Å². The second-order valence-corrected chi connectivity index (χ2v) is 8.05. The minimum Gasteiger partial charge on any atom is -0.497 e. The molecular formula is C24H31N5O4. The van der Waals surface area contributed by atoms with Gasteiger partial charge >= 0.3 is 11.8 Å². The van der Waals surface area contributed by atoms with Crippen molar-refractivity contribution in [3.63, 3.8) is 0 Å². The lowest BCUT2D eigenvalue weighted by Crippen LogP contribution is -2.49. The average Bonchev–Trinajstić information content (AvgIpc) is 2.80. The van der Waals surface area contributed by atoms with E-state index in [-0.39, 0.29) is 11.9 Å². The van der Waals surface area contributed by atoms with Crippen molar-refractivity contribution in [2.45, 2.75) is 13.0 Å². The van der Waals surface area contributed by atoms with E-state index in [4.69, 9.17) is 4.74 Å². The normalized spacial score (nSPS) is 15.4. The van der Waals surface area contributed by atoms with Gasteiger partial charge in [0.2, 0.25) is 5.91 Å². The van der Waals surface area contributed by atoms with Gasteiger partial charge < -0.3 is 25.6 Å². The highest BCUT2D eigenvalue weighted by molar-refractivity contribution is 6.39. The molecule has 0 saturated carbocycles. The number of ether oxygens (including phenoxy) is 1. The summed E-state index contributed by atoms with van der Waals surface area (Å²) in [5.41, 5.74) is 2.01. The summed E-state index contributed by atoms with van der Waals surface area (Å²) in [6.07, 6.45) is 0. The van der Waals surface area contributed by atoms with E-state index in [9.17, 15) is 14.4 Å². The summed E-state index contributed by atoms with van der Waals surface area (Å²) in [7, 11) is 3.71. The molecule has 0 spiro atoms. The van der Waals surface area contributed by atoms with E-state index in [1.165, 1.54) is 6.92 Å². The molecule has 0 aromatic heterocycles. The molecular weight excluding hydrogens is 422 g/mol. The molecule has 3 rings (SSSR count). The van der Waals surface area contributed by atoms with Crippen molar-refractivity contribution in [1.82, 2.24) is 15.1 Å². The lowest BCUT2D eigenvalue weighted by Gasteiger charge is -2.38. The number of amides is 3. The van der Waals surface area contributed by atoms with Gasteiger partial charge in [-0.05, 0) is 42.9 Å². The fourth-order valence-electron chi connectivity index (χ4n) is 3.75. The van der Waals surface area contributed by atoms with Crippen LogP contribution in [0.3, 0.4) is 0 Å². The maximum Gasteiger partial charge on any atom is 0.313 e. The van der Waals surface area contributed by atoms with Crippen LogP contribution >= 0.6 is 0 Å². The molecule has 3 N–H and O–H groups in total. The molecule has 1 atom stereocenters. The highest BCUT2D eigenvalue weighted by Crippen LogP contribution is 2.24. The molecule has 0 radical (unpaired) electrons. The first-order valence-electron chi connectivity index (χ1n) is 10.9. The summed E-state index contributed by atoms with van der Waals surface area (Å²) in [5.74, 6) is -0.931. The number of carbonyl (C=O) groups is 3. The zero-order valence-corrected chi connectivity index (χ0v) is 19.3. The van der Waals surface area contributed by atoms with Crippen LogP contribution in [-0.2, 0) is 14.4 Å². The predicted octanol–water partition coefficient (Wildman–Crippen LogP) is 1.70. The van der Waals surface area contributed by atoms with Gasteiger partial charge in [0.05, 0.1) is 13.2 Å². The third-order valence-electron chi connectivity index (χ3n) is 5.58. The minimum atomic E-state index is -0.762. The number of nitrogens with one attached hydrogen (secondary N) is 3. The summed E-state index contributed by atoms with van der Waals surface area (Å²) < 4.78 is 5.26. The van der Waals surface area contributed by atoms with Gasteiger partial charge in [0.1, 0.15) is 5.75 Å². The first-order chi connectivity index (χ1) is 15.9.